The van der Waals surface area contributed by atoms with Crippen molar-refractivity contribution in [1.29, 1.82) is 5.41 Å². The summed E-state index contributed by atoms with van der Waals surface area (Å²) in [5.41, 5.74) is 5.33. The number of nitrogens with zero attached hydrogens (tertiary/aromatic N) is 4. The average Bonchev–Trinajstić information content (AvgIpc) is 3.23. The fraction of sp³-hybridized carbons (Fsp3) is 0.636. The molecule has 3 aliphatic rings. The summed E-state index contributed by atoms with van der Waals surface area (Å²) in [7, 11) is 2.12. The molecule has 0 saturated carbocycles. The predicted molar refractivity (Wildman–Crippen MR) is 118 cm³/mol. The van der Waals surface area contributed by atoms with Crippen molar-refractivity contribution in [1.82, 2.24) is 25.1 Å². The van der Waals surface area contributed by atoms with E-state index in [1.807, 2.05) is 17.0 Å². The van der Waals surface area contributed by atoms with Gasteiger partial charge in [-0.15, -0.1) is 0 Å². The molecule has 9 nitrogen and oxygen atoms in total. The lowest BCUT2D eigenvalue weighted by Crippen LogP contribution is -2.49. The van der Waals surface area contributed by atoms with Gasteiger partial charge in [0, 0.05) is 64.5 Å². The number of carbonyl (C=O) groups is 1. The van der Waals surface area contributed by atoms with Crippen molar-refractivity contribution >= 4 is 11.8 Å². The Balaban J connectivity index is 1.24. The summed E-state index contributed by atoms with van der Waals surface area (Å²) in [6, 6.07) is 8.46. The Bertz CT molecular complexity index is 757. The summed E-state index contributed by atoms with van der Waals surface area (Å²) in [5, 5.41) is 17.4. The topological polar surface area (TPSA) is 95.4 Å². The van der Waals surface area contributed by atoms with E-state index < -0.39 is 5.97 Å². The van der Waals surface area contributed by atoms with Crippen LogP contribution in [0.2, 0.25) is 0 Å². The highest BCUT2D eigenvalue weighted by Crippen LogP contribution is 2.26. The molecule has 31 heavy (non-hydrogen) atoms. The van der Waals surface area contributed by atoms with E-state index in [0.29, 0.717) is 5.84 Å². The van der Waals surface area contributed by atoms with E-state index in [-0.39, 0.29) is 18.7 Å². The fourth-order valence-electron chi connectivity index (χ4n) is 4.55. The van der Waals surface area contributed by atoms with Crippen molar-refractivity contribution in [2.75, 3.05) is 72.5 Å². The van der Waals surface area contributed by atoms with Gasteiger partial charge in [0.2, 0.25) is 0 Å². The van der Waals surface area contributed by atoms with Crippen molar-refractivity contribution < 1.29 is 14.7 Å². The monoisotopic (exact) mass is 430 g/mol. The number of likely N-dealkylation sites (N-methyl/N-ethyl adjacent to an activating group) is 1. The SMILES string of the molecule is CN1CCN(C(=N)c2ccc(C3C[C@@H](CN4CCN(CC(=O)O)CC4)ON3)cc2)CC1. The maximum atomic E-state index is 10.8. The second-order valence-corrected chi connectivity index (χ2v) is 8.88. The number of piperazine rings is 2. The molecule has 2 atom stereocenters. The van der Waals surface area contributed by atoms with E-state index >= 15 is 0 Å². The first kappa shape index (κ1) is 22.2. The molecule has 170 valence electrons. The minimum atomic E-state index is -0.760. The van der Waals surface area contributed by atoms with Crippen molar-refractivity contribution in [3.63, 3.8) is 0 Å². The van der Waals surface area contributed by atoms with Crippen molar-refractivity contribution in [2.45, 2.75) is 18.6 Å². The molecule has 1 aromatic carbocycles. The molecule has 0 bridgehead atoms. The maximum Gasteiger partial charge on any atom is 0.317 e. The van der Waals surface area contributed by atoms with Crippen LogP contribution in [0.1, 0.15) is 23.6 Å². The fourth-order valence-corrected chi connectivity index (χ4v) is 4.55. The Kier molecular flexibility index (Phi) is 7.19. The quantitative estimate of drug-likeness (QED) is 0.438. The summed E-state index contributed by atoms with van der Waals surface area (Å²) in [4.78, 5) is 25.5. The van der Waals surface area contributed by atoms with Gasteiger partial charge in [-0.25, -0.2) is 0 Å². The number of carboxylic acids is 1. The number of amidine groups is 1. The van der Waals surface area contributed by atoms with Crippen molar-refractivity contribution in [3.8, 4) is 0 Å². The zero-order valence-electron chi connectivity index (χ0n) is 18.3. The third-order valence-electron chi connectivity index (χ3n) is 6.57. The number of benzene rings is 1. The molecule has 1 aromatic rings. The summed E-state index contributed by atoms with van der Waals surface area (Å²) in [6.07, 6.45) is 1.03. The molecular formula is C22H34N6O3. The van der Waals surface area contributed by atoms with Crippen molar-refractivity contribution in [2.24, 2.45) is 0 Å². The lowest BCUT2D eigenvalue weighted by Gasteiger charge is -2.34. The van der Waals surface area contributed by atoms with E-state index in [0.717, 1.165) is 70.9 Å². The number of hydroxylamine groups is 1. The van der Waals surface area contributed by atoms with Gasteiger partial charge in [-0.3, -0.25) is 24.8 Å². The summed E-state index contributed by atoms with van der Waals surface area (Å²) >= 11 is 0. The Morgan fingerprint density at radius 2 is 1.71 bits per heavy atom. The lowest BCUT2D eigenvalue weighted by molar-refractivity contribution is -0.138. The first-order valence-corrected chi connectivity index (χ1v) is 11.2. The zero-order chi connectivity index (χ0) is 21.8. The van der Waals surface area contributed by atoms with Crippen LogP contribution in [0.4, 0.5) is 0 Å². The molecule has 0 radical (unpaired) electrons. The largest absolute Gasteiger partial charge is 0.480 e. The maximum absolute atomic E-state index is 10.8. The van der Waals surface area contributed by atoms with Gasteiger partial charge in [-0.05, 0) is 19.0 Å². The molecule has 3 aliphatic heterocycles. The second-order valence-electron chi connectivity index (χ2n) is 8.88. The second kappa shape index (κ2) is 10.1. The summed E-state index contributed by atoms with van der Waals surface area (Å²) < 4.78 is 0. The van der Waals surface area contributed by atoms with Gasteiger partial charge < -0.3 is 14.9 Å². The molecule has 1 unspecified atom stereocenters. The van der Waals surface area contributed by atoms with Gasteiger partial charge in [0.25, 0.3) is 0 Å². The van der Waals surface area contributed by atoms with Crippen LogP contribution in [0.5, 0.6) is 0 Å². The number of rotatable bonds is 6. The Labute approximate surface area is 184 Å². The van der Waals surface area contributed by atoms with Crippen LogP contribution in [-0.2, 0) is 9.63 Å². The van der Waals surface area contributed by atoms with Gasteiger partial charge in [0.15, 0.2) is 0 Å². The van der Waals surface area contributed by atoms with Crippen LogP contribution < -0.4 is 5.48 Å². The van der Waals surface area contributed by atoms with E-state index in [1.165, 1.54) is 5.56 Å². The minimum Gasteiger partial charge on any atom is -0.480 e. The zero-order valence-corrected chi connectivity index (χ0v) is 18.3. The Morgan fingerprint density at radius 3 is 2.35 bits per heavy atom. The van der Waals surface area contributed by atoms with Crippen LogP contribution in [0.25, 0.3) is 0 Å². The highest BCUT2D eigenvalue weighted by molar-refractivity contribution is 5.96. The standard InChI is InChI=1S/C22H34N6O3/c1-25-6-12-28(13-7-25)22(23)18-4-2-17(3-5-18)20-14-19(31-24-20)15-26-8-10-27(11-9-26)16-21(29)30/h2-5,19-20,23-24H,6-16H2,1H3,(H,29,30)/t19-,20?/m0/s1. The molecule has 0 spiro atoms. The van der Waals surface area contributed by atoms with Crippen LogP contribution in [0.3, 0.4) is 0 Å². The van der Waals surface area contributed by atoms with E-state index in [1.54, 1.807) is 0 Å². The molecular weight excluding hydrogens is 396 g/mol. The smallest absolute Gasteiger partial charge is 0.317 e. The first-order valence-electron chi connectivity index (χ1n) is 11.2. The van der Waals surface area contributed by atoms with Gasteiger partial charge in [-0.1, -0.05) is 24.3 Å². The van der Waals surface area contributed by atoms with Crippen LogP contribution in [-0.4, -0.2) is 115 Å². The van der Waals surface area contributed by atoms with E-state index in [4.69, 9.17) is 15.4 Å². The van der Waals surface area contributed by atoms with Gasteiger partial charge in [-0.2, -0.15) is 5.48 Å². The molecule has 3 heterocycles. The first-order chi connectivity index (χ1) is 15.0. The van der Waals surface area contributed by atoms with Crippen molar-refractivity contribution in [3.05, 3.63) is 35.4 Å². The third kappa shape index (κ3) is 5.81. The van der Waals surface area contributed by atoms with Gasteiger partial charge >= 0.3 is 5.97 Å². The molecule has 0 amide bonds. The van der Waals surface area contributed by atoms with Crippen LogP contribution >= 0.6 is 0 Å². The molecule has 3 fully saturated rings. The van der Waals surface area contributed by atoms with Crippen LogP contribution in [0, 0.1) is 5.41 Å². The molecule has 3 saturated heterocycles. The highest BCUT2D eigenvalue weighted by atomic mass is 16.7. The number of nitrogens with one attached hydrogen (secondary N) is 2. The molecule has 9 heteroatoms. The third-order valence-corrected chi connectivity index (χ3v) is 6.57. The number of aliphatic carboxylic acids is 1. The van der Waals surface area contributed by atoms with Gasteiger partial charge in [0.1, 0.15) is 5.84 Å². The molecule has 3 N–H and O–H groups in total. The van der Waals surface area contributed by atoms with Crippen LogP contribution in [0.15, 0.2) is 24.3 Å². The number of carboxylic acid groups (broad SMARTS) is 1. The average molecular weight is 431 g/mol. The summed E-state index contributed by atoms with van der Waals surface area (Å²) in [5.74, 6) is -0.153. The molecule has 4 rings (SSSR count). The number of hydrogen-bond acceptors (Lipinski definition) is 7. The lowest BCUT2D eigenvalue weighted by atomic mass is 10.00. The van der Waals surface area contributed by atoms with E-state index in [2.05, 4.69) is 39.4 Å². The highest BCUT2D eigenvalue weighted by Gasteiger charge is 2.29. The van der Waals surface area contributed by atoms with E-state index in [9.17, 15) is 4.79 Å². The van der Waals surface area contributed by atoms with Gasteiger partial charge in [0.05, 0.1) is 18.7 Å². The predicted octanol–water partition coefficient (Wildman–Crippen LogP) is 0.296. The minimum absolute atomic E-state index is 0.124. The Morgan fingerprint density at radius 1 is 1.06 bits per heavy atom. The Hall–Kier alpha value is -2.04. The molecule has 0 aromatic heterocycles. The summed E-state index contributed by atoms with van der Waals surface area (Å²) in [6.45, 7) is 8.12. The normalized spacial score (nSPS) is 26.3. The number of hydrogen-bond donors (Lipinski definition) is 3. The molecule has 0 aliphatic carbocycles.